The van der Waals surface area contributed by atoms with Gasteiger partial charge in [0.1, 0.15) is 0 Å². The average Bonchev–Trinajstić information content (AvgIpc) is 3.01. The smallest absolute Gasteiger partial charge is 0.175 e. The van der Waals surface area contributed by atoms with Crippen LogP contribution < -0.4 is 9.47 Å². The molecule has 0 saturated heterocycles. The lowest BCUT2D eigenvalue weighted by Crippen LogP contribution is -2.08. The quantitative estimate of drug-likeness (QED) is 0.929. The highest BCUT2D eigenvalue weighted by molar-refractivity contribution is 9.10. The number of benzene rings is 1. The maximum atomic E-state index is 10.2. The molecule has 0 aliphatic heterocycles. The fourth-order valence-corrected chi connectivity index (χ4v) is 2.49. The minimum atomic E-state index is -0.661. The monoisotopic (exact) mass is 286 g/mol. The molecule has 1 aliphatic carbocycles. The van der Waals surface area contributed by atoms with E-state index in [9.17, 15) is 5.11 Å². The maximum absolute atomic E-state index is 10.2. The second-order valence-corrected chi connectivity index (χ2v) is 4.92. The predicted molar refractivity (Wildman–Crippen MR) is 65.1 cm³/mol. The molecule has 0 aromatic heterocycles. The van der Waals surface area contributed by atoms with Gasteiger partial charge in [-0.2, -0.15) is 0 Å². The topological polar surface area (TPSA) is 38.7 Å². The molecule has 0 spiro atoms. The van der Waals surface area contributed by atoms with E-state index in [0.717, 1.165) is 28.4 Å². The minimum absolute atomic E-state index is 0.648. The Balaban J connectivity index is 2.60. The van der Waals surface area contributed by atoms with Crippen LogP contribution >= 0.6 is 15.9 Å². The first-order valence-corrected chi connectivity index (χ1v) is 5.96. The molecule has 1 aliphatic rings. The summed E-state index contributed by atoms with van der Waals surface area (Å²) >= 11 is 3.49. The van der Waals surface area contributed by atoms with E-state index in [1.807, 2.05) is 13.0 Å². The molecule has 16 heavy (non-hydrogen) atoms. The number of hydrogen-bond donors (Lipinski definition) is 1. The van der Waals surface area contributed by atoms with Gasteiger partial charge in [-0.1, -0.05) is 0 Å². The second kappa shape index (κ2) is 3.93. The second-order valence-electron chi connectivity index (χ2n) is 4.13. The Hall–Kier alpha value is -0.740. The van der Waals surface area contributed by atoms with Crippen LogP contribution in [-0.2, 0) is 5.60 Å². The van der Waals surface area contributed by atoms with Crippen LogP contribution in [0, 0.1) is 6.92 Å². The van der Waals surface area contributed by atoms with E-state index in [4.69, 9.17) is 9.47 Å². The summed E-state index contributed by atoms with van der Waals surface area (Å²) in [5.74, 6) is 1.32. The largest absolute Gasteiger partial charge is 0.493 e. The van der Waals surface area contributed by atoms with Crippen LogP contribution in [0.4, 0.5) is 0 Å². The normalized spacial score (nSPS) is 17.1. The van der Waals surface area contributed by atoms with E-state index in [2.05, 4.69) is 15.9 Å². The van der Waals surface area contributed by atoms with Gasteiger partial charge >= 0.3 is 0 Å². The maximum Gasteiger partial charge on any atom is 0.175 e. The molecule has 0 unspecified atom stereocenters. The molecule has 1 N–H and O–H groups in total. The molecule has 1 fully saturated rings. The van der Waals surface area contributed by atoms with Gasteiger partial charge in [0.2, 0.25) is 0 Å². The van der Waals surface area contributed by atoms with Crippen LogP contribution in [-0.4, -0.2) is 19.3 Å². The lowest BCUT2D eigenvalue weighted by molar-refractivity contribution is 0.150. The van der Waals surface area contributed by atoms with Crippen molar-refractivity contribution in [2.24, 2.45) is 0 Å². The lowest BCUT2D eigenvalue weighted by Gasteiger charge is -2.18. The third kappa shape index (κ3) is 1.70. The average molecular weight is 287 g/mol. The summed E-state index contributed by atoms with van der Waals surface area (Å²) in [6, 6.07) is 1.87. The first-order valence-electron chi connectivity index (χ1n) is 5.17. The van der Waals surface area contributed by atoms with Gasteiger partial charge in [0.15, 0.2) is 11.5 Å². The van der Waals surface area contributed by atoms with Crippen molar-refractivity contribution < 1.29 is 14.6 Å². The van der Waals surface area contributed by atoms with E-state index in [-0.39, 0.29) is 0 Å². The van der Waals surface area contributed by atoms with Crippen LogP contribution in [0.15, 0.2) is 10.5 Å². The number of rotatable bonds is 3. The number of methoxy groups -OCH3 is 2. The minimum Gasteiger partial charge on any atom is -0.493 e. The van der Waals surface area contributed by atoms with Gasteiger partial charge < -0.3 is 14.6 Å². The molecule has 1 aromatic carbocycles. The predicted octanol–water partition coefficient (Wildman–Crippen LogP) is 2.76. The van der Waals surface area contributed by atoms with Crippen molar-refractivity contribution in [1.82, 2.24) is 0 Å². The van der Waals surface area contributed by atoms with Gasteiger partial charge in [0.25, 0.3) is 0 Å². The SMILES string of the molecule is COc1cc(C2(O)CC2)c(C)c(Br)c1OC. The van der Waals surface area contributed by atoms with E-state index >= 15 is 0 Å². The third-order valence-electron chi connectivity index (χ3n) is 3.08. The Kier molecular flexibility index (Phi) is 2.88. The van der Waals surface area contributed by atoms with Crippen molar-refractivity contribution in [1.29, 1.82) is 0 Å². The Bertz CT molecular complexity index is 425. The molecule has 0 atom stereocenters. The number of hydrogen-bond acceptors (Lipinski definition) is 3. The molecule has 3 nitrogen and oxygen atoms in total. The van der Waals surface area contributed by atoms with Crippen molar-refractivity contribution in [3.63, 3.8) is 0 Å². The summed E-state index contributed by atoms with van der Waals surface area (Å²) in [6.07, 6.45) is 1.63. The summed E-state index contributed by atoms with van der Waals surface area (Å²) < 4.78 is 11.4. The van der Waals surface area contributed by atoms with Gasteiger partial charge in [-0.05, 0) is 52.9 Å². The van der Waals surface area contributed by atoms with Crippen molar-refractivity contribution in [2.75, 3.05) is 14.2 Å². The summed E-state index contributed by atoms with van der Waals surface area (Å²) in [7, 11) is 3.20. The molecular weight excluding hydrogens is 272 g/mol. The van der Waals surface area contributed by atoms with E-state index in [0.29, 0.717) is 11.5 Å². The van der Waals surface area contributed by atoms with E-state index in [1.54, 1.807) is 14.2 Å². The summed E-state index contributed by atoms with van der Waals surface area (Å²) in [4.78, 5) is 0. The highest BCUT2D eigenvalue weighted by Gasteiger charge is 2.44. The first-order chi connectivity index (χ1) is 7.53. The first kappa shape index (κ1) is 11.7. The molecular formula is C12H15BrO3. The van der Waals surface area contributed by atoms with Gasteiger partial charge in [-0.15, -0.1) is 0 Å². The molecule has 0 bridgehead atoms. The molecule has 0 radical (unpaired) electrons. The molecule has 0 heterocycles. The molecule has 2 rings (SSSR count). The summed E-state index contributed by atoms with van der Waals surface area (Å²) in [6.45, 7) is 1.97. The summed E-state index contributed by atoms with van der Waals surface area (Å²) in [5, 5.41) is 10.2. The molecule has 88 valence electrons. The molecule has 1 saturated carbocycles. The third-order valence-corrected chi connectivity index (χ3v) is 4.04. The number of halogens is 1. The van der Waals surface area contributed by atoms with Gasteiger partial charge in [-0.3, -0.25) is 0 Å². The fraction of sp³-hybridized carbons (Fsp3) is 0.500. The van der Waals surface area contributed by atoms with Crippen molar-refractivity contribution >= 4 is 15.9 Å². The van der Waals surface area contributed by atoms with Crippen molar-refractivity contribution in [3.8, 4) is 11.5 Å². The number of aliphatic hydroxyl groups is 1. The van der Waals surface area contributed by atoms with Crippen molar-refractivity contribution in [2.45, 2.75) is 25.4 Å². The van der Waals surface area contributed by atoms with Crippen molar-refractivity contribution in [3.05, 3.63) is 21.7 Å². The van der Waals surface area contributed by atoms with Crippen LogP contribution in [0.5, 0.6) is 11.5 Å². The van der Waals surface area contributed by atoms with Crippen LogP contribution in [0.25, 0.3) is 0 Å². The zero-order chi connectivity index (χ0) is 11.9. The number of ether oxygens (including phenoxy) is 2. The lowest BCUT2D eigenvalue weighted by atomic mass is 10.0. The van der Waals surface area contributed by atoms with Crippen LogP contribution in [0.1, 0.15) is 24.0 Å². The van der Waals surface area contributed by atoms with Gasteiger partial charge in [-0.25, -0.2) is 0 Å². The van der Waals surface area contributed by atoms with Crippen LogP contribution in [0.2, 0.25) is 0 Å². The van der Waals surface area contributed by atoms with E-state index < -0.39 is 5.60 Å². The van der Waals surface area contributed by atoms with Gasteiger partial charge in [0.05, 0.1) is 24.3 Å². The van der Waals surface area contributed by atoms with Gasteiger partial charge in [0, 0.05) is 0 Å². The summed E-state index contributed by atoms with van der Waals surface area (Å²) in [5.41, 5.74) is 1.28. The Morgan fingerprint density at radius 3 is 2.38 bits per heavy atom. The fourth-order valence-electron chi connectivity index (χ4n) is 1.91. The molecule has 4 heteroatoms. The molecule has 0 amide bonds. The highest BCUT2D eigenvalue weighted by atomic mass is 79.9. The van der Waals surface area contributed by atoms with E-state index in [1.165, 1.54) is 0 Å². The highest BCUT2D eigenvalue weighted by Crippen LogP contribution is 2.51. The zero-order valence-corrected chi connectivity index (χ0v) is 11.2. The zero-order valence-electron chi connectivity index (χ0n) is 9.63. The Labute approximate surface area is 104 Å². The Morgan fingerprint density at radius 1 is 1.31 bits per heavy atom. The molecule has 1 aromatic rings. The van der Waals surface area contributed by atoms with Crippen LogP contribution in [0.3, 0.4) is 0 Å². The Morgan fingerprint density at radius 2 is 1.94 bits per heavy atom. The standard InChI is InChI=1S/C12H15BrO3/c1-7-8(12(14)4-5-12)6-9(15-2)11(16-3)10(7)13/h6,14H,4-5H2,1-3H3.